The van der Waals surface area contributed by atoms with E-state index >= 15 is 0 Å². The van der Waals surface area contributed by atoms with E-state index in [0.29, 0.717) is 0 Å². The monoisotopic (exact) mass is 238 g/mol. The van der Waals surface area contributed by atoms with Gasteiger partial charge < -0.3 is 30.6 Å². The molecule has 9 heteroatoms. The minimum Gasteiger partial charge on any atom is -0.479 e. The third-order valence-corrected chi connectivity index (χ3v) is 1.81. The maximum absolute atomic E-state index is 11.1. The maximum Gasteiger partial charge on any atom is 0.347 e. The summed E-state index contributed by atoms with van der Waals surface area (Å²) in [6.45, 7) is -1.22. The quantitative estimate of drug-likeness (QED) is 0.253. The van der Waals surface area contributed by atoms with Crippen LogP contribution in [0.25, 0.3) is 0 Å². The number of Topliss-reactive ketones (excluding diaryl/α,β-unsaturated/α-hetero) is 1. The summed E-state index contributed by atoms with van der Waals surface area (Å²) in [5, 5.41) is 52.1. The molecule has 3 atom stereocenters. The molecule has 0 amide bonds. The lowest BCUT2D eigenvalue weighted by Crippen LogP contribution is -2.62. The van der Waals surface area contributed by atoms with Crippen LogP contribution in [0.5, 0.6) is 0 Å². The molecule has 0 radical (unpaired) electrons. The third kappa shape index (κ3) is 2.33. The van der Waals surface area contributed by atoms with E-state index in [2.05, 4.69) is 0 Å². The fraction of sp³-hybridized carbons (Fsp3) is 0.571. The third-order valence-electron chi connectivity index (χ3n) is 1.81. The molecule has 16 heavy (non-hydrogen) atoms. The highest BCUT2D eigenvalue weighted by Crippen LogP contribution is 2.15. The average molecular weight is 238 g/mol. The van der Waals surface area contributed by atoms with Gasteiger partial charge >= 0.3 is 11.9 Å². The Morgan fingerprint density at radius 2 is 1.56 bits per heavy atom. The van der Waals surface area contributed by atoms with Gasteiger partial charge in [0.05, 0.1) is 6.61 Å². The van der Waals surface area contributed by atoms with Crippen molar-refractivity contribution in [2.75, 3.05) is 6.61 Å². The summed E-state index contributed by atoms with van der Waals surface area (Å²) in [5.41, 5.74) is -3.71. The van der Waals surface area contributed by atoms with E-state index in [-0.39, 0.29) is 0 Å². The highest BCUT2D eigenvalue weighted by Gasteiger charge is 2.55. The molecule has 0 aliphatic carbocycles. The first-order valence-corrected chi connectivity index (χ1v) is 3.89. The van der Waals surface area contributed by atoms with Gasteiger partial charge in [-0.3, -0.25) is 4.79 Å². The molecule has 0 aliphatic heterocycles. The fourth-order valence-corrected chi connectivity index (χ4v) is 0.873. The summed E-state index contributed by atoms with van der Waals surface area (Å²) in [4.78, 5) is 32.0. The van der Waals surface area contributed by atoms with Crippen molar-refractivity contribution < 1.29 is 45.0 Å². The van der Waals surface area contributed by atoms with Crippen molar-refractivity contribution in [1.29, 1.82) is 0 Å². The van der Waals surface area contributed by atoms with Gasteiger partial charge in [0, 0.05) is 0 Å². The van der Waals surface area contributed by atoms with E-state index in [1.54, 1.807) is 0 Å². The smallest absolute Gasteiger partial charge is 0.347 e. The lowest BCUT2D eigenvalue weighted by Gasteiger charge is -2.25. The van der Waals surface area contributed by atoms with Crippen molar-refractivity contribution in [3.8, 4) is 0 Å². The van der Waals surface area contributed by atoms with Crippen LogP contribution in [0, 0.1) is 0 Å². The van der Waals surface area contributed by atoms with E-state index in [9.17, 15) is 19.5 Å². The van der Waals surface area contributed by atoms with Crippen LogP contribution in [0.2, 0.25) is 0 Å². The number of carbonyl (C=O) groups is 3. The number of ketones is 1. The van der Waals surface area contributed by atoms with E-state index in [1.165, 1.54) is 0 Å². The van der Waals surface area contributed by atoms with Crippen molar-refractivity contribution in [2.45, 2.75) is 17.8 Å². The highest BCUT2D eigenvalue weighted by atomic mass is 16.5. The molecule has 0 saturated heterocycles. The molecular formula is C7H10O9. The van der Waals surface area contributed by atoms with Gasteiger partial charge in [0.1, 0.15) is 6.10 Å². The van der Waals surface area contributed by atoms with Gasteiger partial charge in [-0.25, -0.2) is 9.59 Å². The number of hydrogen-bond donors (Lipinski definition) is 6. The number of aliphatic carboxylic acids is 2. The van der Waals surface area contributed by atoms with Crippen molar-refractivity contribution >= 4 is 17.7 Å². The Hall–Kier alpha value is -1.55. The van der Waals surface area contributed by atoms with Crippen molar-refractivity contribution in [2.24, 2.45) is 0 Å². The molecule has 9 nitrogen and oxygen atoms in total. The van der Waals surface area contributed by atoms with Gasteiger partial charge in [0.2, 0.25) is 5.78 Å². The largest absolute Gasteiger partial charge is 0.479 e. The number of aliphatic hydroxyl groups excluding tert-OH is 3. The number of carboxylic acids is 2. The van der Waals surface area contributed by atoms with Gasteiger partial charge in [-0.2, -0.15) is 0 Å². The normalized spacial score (nSPS) is 18.2. The van der Waals surface area contributed by atoms with Crippen LogP contribution in [0.1, 0.15) is 0 Å². The second-order valence-corrected chi connectivity index (χ2v) is 2.87. The zero-order valence-corrected chi connectivity index (χ0v) is 7.77. The van der Waals surface area contributed by atoms with Crippen LogP contribution < -0.4 is 0 Å². The number of rotatable bonds is 6. The molecule has 0 aromatic carbocycles. The van der Waals surface area contributed by atoms with Gasteiger partial charge in [0.25, 0.3) is 5.60 Å². The van der Waals surface area contributed by atoms with Crippen LogP contribution >= 0.6 is 0 Å². The lowest BCUT2D eigenvalue weighted by molar-refractivity contribution is -0.190. The summed E-state index contributed by atoms with van der Waals surface area (Å²) in [7, 11) is 0. The van der Waals surface area contributed by atoms with E-state index in [4.69, 9.17) is 25.5 Å². The predicted octanol–water partition coefficient (Wildman–Crippen LogP) is -3.83. The van der Waals surface area contributed by atoms with Crippen molar-refractivity contribution in [1.82, 2.24) is 0 Å². The van der Waals surface area contributed by atoms with E-state index < -0.39 is 42.1 Å². The second-order valence-electron chi connectivity index (χ2n) is 2.87. The molecule has 0 bridgehead atoms. The SMILES string of the molecule is O=C(O)C(O)C(O)(C(=O)O)C(=O)C(O)CO. The Kier molecular flexibility index (Phi) is 4.50. The van der Waals surface area contributed by atoms with Gasteiger partial charge in [-0.05, 0) is 0 Å². The Bertz CT molecular complexity index is 311. The molecule has 0 aliphatic rings. The fourth-order valence-electron chi connectivity index (χ4n) is 0.873. The highest BCUT2D eigenvalue weighted by molar-refractivity contribution is 6.11. The van der Waals surface area contributed by atoms with Crippen LogP contribution in [0.3, 0.4) is 0 Å². The molecular weight excluding hydrogens is 228 g/mol. The summed E-state index contributed by atoms with van der Waals surface area (Å²) >= 11 is 0. The van der Waals surface area contributed by atoms with Crippen LogP contribution in [-0.2, 0) is 14.4 Å². The Labute approximate surface area is 88.2 Å². The number of carbonyl (C=O) groups excluding carboxylic acids is 1. The molecule has 6 N–H and O–H groups in total. The summed E-state index contributed by atoms with van der Waals surface area (Å²) < 4.78 is 0. The molecule has 0 rings (SSSR count). The van der Waals surface area contributed by atoms with Crippen LogP contribution in [0.4, 0.5) is 0 Å². The number of hydrogen-bond acceptors (Lipinski definition) is 7. The molecule has 92 valence electrons. The lowest BCUT2D eigenvalue weighted by atomic mass is 9.88. The number of carboxylic acid groups (broad SMARTS) is 2. The Balaban J connectivity index is 5.36. The van der Waals surface area contributed by atoms with Crippen molar-refractivity contribution in [3.63, 3.8) is 0 Å². The van der Waals surface area contributed by atoms with E-state index in [1.807, 2.05) is 0 Å². The van der Waals surface area contributed by atoms with Gasteiger partial charge in [-0.15, -0.1) is 0 Å². The average Bonchev–Trinajstić information content (AvgIpc) is 2.24. The molecule has 0 aromatic rings. The number of aliphatic hydroxyl groups is 4. The minimum absolute atomic E-state index is 1.22. The maximum atomic E-state index is 11.1. The molecule has 0 aromatic heterocycles. The molecule has 0 heterocycles. The van der Waals surface area contributed by atoms with Gasteiger partial charge in [-0.1, -0.05) is 0 Å². The first-order valence-electron chi connectivity index (χ1n) is 3.89. The summed E-state index contributed by atoms with van der Waals surface area (Å²) in [6.07, 6.45) is -5.27. The standard InChI is InChI=1S/C7H10O9/c8-1-2(9)3(10)7(16,6(14)15)4(11)5(12)13/h2,4,8-9,11,16H,1H2,(H,12,13)(H,14,15). The molecule has 0 fully saturated rings. The van der Waals surface area contributed by atoms with E-state index in [0.717, 1.165) is 0 Å². The topological polar surface area (TPSA) is 173 Å². The van der Waals surface area contributed by atoms with Crippen LogP contribution in [-0.4, -0.2) is 72.8 Å². The molecule has 0 spiro atoms. The predicted molar refractivity (Wildman–Crippen MR) is 44.3 cm³/mol. The van der Waals surface area contributed by atoms with Crippen LogP contribution in [0.15, 0.2) is 0 Å². The second kappa shape index (κ2) is 4.99. The summed E-state index contributed by atoms with van der Waals surface area (Å²) in [6, 6.07) is 0. The Morgan fingerprint density at radius 1 is 1.12 bits per heavy atom. The van der Waals surface area contributed by atoms with Crippen molar-refractivity contribution in [3.05, 3.63) is 0 Å². The zero-order chi connectivity index (χ0) is 13.1. The first kappa shape index (κ1) is 14.5. The molecule has 3 unspecified atom stereocenters. The minimum atomic E-state index is -3.71. The van der Waals surface area contributed by atoms with Gasteiger partial charge in [0.15, 0.2) is 6.10 Å². The Morgan fingerprint density at radius 3 is 1.81 bits per heavy atom. The molecule has 0 saturated carbocycles. The zero-order valence-electron chi connectivity index (χ0n) is 7.77. The first-order chi connectivity index (χ1) is 7.19. The summed E-state index contributed by atoms with van der Waals surface area (Å²) in [5.74, 6) is -6.43.